The van der Waals surface area contributed by atoms with Gasteiger partial charge in [0, 0.05) is 12.2 Å². The molecular weight excluding hydrogens is 238 g/mol. The molecule has 0 saturated heterocycles. The van der Waals surface area contributed by atoms with Gasteiger partial charge >= 0.3 is 5.97 Å². The summed E-state index contributed by atoms with van der Waals surface area (Å²) >= 11 is 0. The van der Waals surface area contributed by atoms with Crippen molar-refractivity contribution in [2.24, 2.45) is 0 Å². The lowest BCUT2D eigenvalue weighted by Gasteiger charge is -2.10. The van der Waals surface area contributed by atoms with Gasteiger partial charge in [-0.1, -0.05) is 42.5 Å². The Balaban J connectivity index is 1.98. The highest BCUT2D eigenvalue weighted by Gasteiger charge is 2.09. The smallest absolute Gasteiger partial charge is 0.339 e. The van der Waals surface area contributed by atoms with Gasteiger partial charge < -0.3 is 10.1 Å². The molecule has 2 aromatic rings. The minimum absolute atomic E-state index is 0.317. The second-order valence-electron chi connectivity index (χ2n) is 4.20. The standard InChI is InChI=1S/C16H17NO2/c1-19-16(18)14-9-5-6-10-15(14)17-12-11-13-7-3-2-4-8-13/h2-10,17H,11-12H2,1H3. The fourth-order valence-electron chi connectivity index (χ4n) is 1.91. The van der Waals surface area contributed by atoms with E-state index in [1.807, 2.05) is 36.4 Å². The molecule has 0 radical (unpaired) electrons. The molecule has 1 N–H and O–H groups in total. The van der Waals surface area contributed by atoms with Crippen molar-refractivity contribution in [3.05, 3.63) is 65.7 Å². The highest BCUT2D eigenvalue weighted by atomic mass is 16.5. The number of esters is 1. The van der Waals surface area contributed by atoms with E-state index in [2.05, 4.69) is 17.4 Å². The van der Waals surface area contributed by atoms with Gasteiger partial charge in [-0.15, -0.1) is 0 Å². The molecule has 0 unspecified atom stereocenters. The third-order valence-corrected chi connectivity index (χ3v) is 2.90. The summed E-state index contributed by atoms with van der Waals surface area (Å²) in [5, 5.41) is 3.28. The van der Waals surface area contributed by atoms with E-state index < -0.39 is 0 Å². The number of ether oxygens (including phenoxy) is 1. The summed E-state index contributed by atoms with van der Waals surface area (Å²) in [4.78, 5) is 11.6. The molecule has 3 nitrogen and oxygen atoms in total. The molecule has 3 heteroatoms. The lowest BCUT2D eigenvalue weighted by molar-refractivity contribution is 0.0602. The van der Waals surface area contributed by atoms with E-state index in [9.17, 15) is 4.79 Å². The van der Waals surface area contributed by atoms with E-state index in [1.54, 1.807) is 6.07 Å². The summed E-state index contributed by atoms with van der Waals surface area (Å²) in [6.07, 6.45) is 0.913. The average molecular weight is 255 g/mol. The van der Waals surface area contributed by atoms with Crippen LogP contribution in [-0.4, -0.2) is 19.6 Å². The van der Waals surface area contributed by atoms with Crippen LogP contribution in [0.15, 0.2) is 54.6 Å². The predicted molar refractivity (Wildman–Crippen MR) is 76.4 cm³/mol. The first-order valence-electron chi connectivity index (χ1n) is 6.26. The highest BCUT2D eigenvalue weighted by Crippen LogP contribution is 2.16. The molecule has 0 fully saturated rings. The zero-order chi connectivity index (χ0) is 13.5. The molecule has 0 aromatic heterocycles. The summed E-state index contributed by atoms with van der Waals surface area (Å²) < 4.78 is 4.76. The number of para-hydroxylation sites is 1. The molecule has 0 saturated carbocycles. The lowest BCUT2D eigenvalue weighted by Crippen LogP contribution is -2.10. The minimum atomic E-state index is -0.317. The first kappa shape index (κ1) is 13.1. The fourth-order valence-corrected chi connectivity index (χ4v) is 1.91. The zero-order valence-electron chi connectivity index (χ0n) is 10.9. The van der Waals surface area contributed by atoms with Gasteiger partial charge in [0.05, 0.1) is 12.7 Å². The van der Waals surface area contributed by atoms with Crippen molar-refractivity contribution >= 4 is 11.7 Å². The van der Waals surface area contributed by atoms with Gasteiger partial charge in [-0.05, 0) is 24.1 Å². The van der Waals surface area contributed by atoms with Crippen LogP contribution in [0.1, 0.15) is 15.9 Å². The molecule has 19 heavy (non-hydrogen) atoms. The van der Waals surface area contributed by atoms with Crippen molar-refractivity contribution in [3.63, 3.8) is 0 Å². The van der Waals surface area contributed by atoms with Crippen LogP contribution < -0.4 is 5.32 Å². The minimum Gasteiger partial charge on any atom is -0.465 e. The van der Waals surface area contributed by atoms with Crippen molar-refractivity contribution in [1.82, 2.24) is 0 Å². The predicted octanol–water partition coefficient (Wildman–Crippen LogP) is 3.13. The summed E-state index contributed by atoms with van der Waals surface area (Å²) in [5.41, 5.74) is 2.65. The van der Waals surface area contributed by atoms with Crippen molar-refractivity contribution in [2.45, 2.75) is 6.42 Å². The molecule has 0 atom stereocenters. The third-order valence-electron chi connectivity index (χ3n) is 2.90. The Kier molecular flexibility index (Phi) is 4.56. The van der Waals surface area contributed by atoms with E-state index >= 15 is 0 Å². The second-order valence-corrected chi connectivity index (χ2v) is 4.20. The maximum absolute atomic E-state index is 11.6. The quantitative estimate of drug-likeness (QED) is 0.834. The largest absolute Gasteiger partial charge is 0.465 e. The Morgan fingerprint density at radius 3 is 2.47 bits per heavy atom. The number of carbonyl (C=O) groups is 1. The first-order valence-corrected chi connectivity index (χ1v) is 6.26. The Bertz CT molecular complexity index is 537. The first-order chi connectivity index (χ1) is 9.31. The lowest BCUT2D eigenvalue weighted by atomic mass is 10.1. The van der Waals surface area contributed by atoms with Crippen LogP contribution in [0.5, 0.6) is 0 Å². The summed E-state index contributed by atoms with van der Waals surface area (Å²) in [6, 6.07) is 17.6. The van der Waals surface area contributed by atoms with E-state index in [4.69, 9.17) is 4.74 Å². The molecule has 0 spiro atoms. The Morgan fingerprint density at radius 2 is 1.74 bits per heavy atom. The van der Waals surface area contributed by atoms with Gasteiger partial charge in [0.2, 0.25) is 0 Å². The maximum Gasteiger partial charge on any atom is 0.339 e. The van der Waals surface area contributed by atoms with Gasteiger partial charge in [0.25, 0.3) is 0 Å². The number of nitrogens with one attached hydrogen (secondary N) is 1. The number of carbonyl (C=O) groups excluding carboxylic acids is 1. The van der Waals surface area contributed by atoms with Crippen LogP contribution in [0.3, 0.4) is 0 Å². The van der Waals surface area contributed by atoms with Gasteiger partial charge in [0.1, 0.15) is 0 Å². The molecule has 2 aromatic carbocycles. The van der Waals surface area contributed by atoms with E-state index in [0.717, 1.165) is 18.7 Å². The number of anilines is 1. The van der Waals surface area contributed by atoms with Gasteiger partial charge in [-0.2, -0.15) is 0 Å². The zero-order valence-corrected chi connectivity index (χ0v) is 10.9. The average Bonchev–Trinajstić information content (AvgIpc) is 2.48. The molecule has 0 aliphatic rings. The van der Waals surface area contributed by atoms with Crippen LogP contribution in [0.25, 0.3) is 0 Å². The van der Waals surface area contributed by atoms with Crippen LogP contribution in [0, 0.1) is 0 Å². The Hall–Kier alpha value is -2.29. The molecule has 98 valence electrons. The number of methoxy groups -OCH3 is 1. The second kappa shape index (κ2) is 6.59. The summed E-state index contributed by atoms with van der Waals surface area (Å²) in [7, 11) is 1.39. The summed E-state index contributed by atoms with van der Waals surface area (Å²) in [6.45, 7) is 0.776. The Labute approximate surface area is 113 Å². The number of hydrogen-bond acceptors (Lipinski definition) is 3. The van der Waals surface area contributed by atoms with Crippen LogP contribution in [0.4, 0.5) is 5.69 Å². The number of benzene rings is 2. The van der Waals surface area contributed by atoms with Gasteiger partial charge in [-0.3, -0.25) is 0 Å². The van der Waals surface area contributed by atoms with Crippen LogP contribution >= 0.6 is 0 Å². The molecule has 0 aliphatic carbocycles. The molecule has 2 rings (SSSR count). The molecule has 0 aliphatic heterocycles. The normalized spacial score (nSPS) is 9.95. The third kappa shape index (κ3) is 3.58. The molecule has 0 heterocycles. The van der Waals surface area contributed by atoms with E-state index in [1.165, 1.54) is 12.7 Å². The van der Waals surface area contributed by atoms with Crippen molar-refractivity contribution in [3.8, 4) is 0 Å². The summed E-state index contributed by atoms with van der Waals surface area (Å²) in [5.74, 6) is -0.317. The topological polar surface area (TPSA) is 38.3 Å². The van der Waals surface area contributed by atoms with Crippen LogP contribution in [0.2, 0.25) is 0 Å². The van der Waals surface area contributed by atoms with Crippen LogP contribution in [-0.2, 0) is 11.2 Å². The van der Waals surface area contributed by atoms with Gasteiger partial charge in [0.15, 0.2) is 0 Å². The Morgan fingerprint density at radius 1 is 1.05 bits per heavy atom. The number of hydrogen-bond donors (Lipinski definition) is 1. The monoisotopic (exact) mass is 255 g/mol. The highest BCUT2D eigenvalue weighted by molar-refractivity contribution is 5.95. The van der Waals surface area contributed by atoms with Crippen molar-refractivity contribution in [2.75, 3.05) is 19.0 Å². The fraction of sp³-hybridized carbons (Fsp3) is 0.188. The molecule has 0 bridgehead atoms. The van der Waals surface area contributed by atoms with E-state index in [-0.39, 0.29) is 5.97 Å². The number of rotatable bonds is 5. The maximum atomic E-state index is 11.6. The SMILES string of the molecule is COC(=O)c1ccccc1NCCc1ccccc1. The van der Waals surface area contributed by atoms with E-state index in [0.29, 0.717) is 5.56 Å². The van der Waals surface area contributed by atoms with Crippen molar-refractivity contribution < 1.29 is 9.53 Å². The van der Waals surface area contributed by atoms with Crippen molar-refractivity contribution in [1.29, 1.82) is 0 Å². The molecule has 0 amide bonds. The molecular formula is C16H17NO2. The van der Waals surface area contributed by atoms with Gasteiger partial charge in [-0.25, -0.2) is 4.79 Å².